The highest BCUT2D eigenvalue weighted by Crippen LogP contribution is 2.15. The van der Waals surface area contributed by atoms with E-state index in [0.29, 0.717) is 12.8 Å². The highest BCUT2D eigenvalue weighted by atomic mass is 16.2. The number of amides is 2. The molecule has 0 spiro atoms. The minimum absolute atomic E-state index is 0.137. The molecule has 0 fully saturated rings. The Morgan fingerprint density at radius 2 is 1.25 bits per heavy atom. The Kier molecular flexibility index (Phi) is 4.45. The van der Waals surface area contributed by atoms with Crippen molar-refractivity contribution in [3.63, 3.8) is 0 Å². The van der Waals surface area contributed by atoms with Gasteiger partial charge in [0.05, 0.1) is 0 Å². The van der Waals surface area contributed by atoms with Crippen LogP contribution in [-0.2, 0) is 19.2 Å². The van der Waals surface area contributed by atoms with Crippen molar-refractivity contribution >= 4 is 23.4 Å². The molecule has 2 N–H and O–H groups in total. The van der Waals surface area contributed by atoms with Crippen LogP contribution >= 0.6 is 0 Å². The third-order valence-electron chi connectivity index (χ3n) is 3.38. The zero-order valence-electron chi connectivity index (χ0n) is 10.9. The minimum atomic E-state index is -0.686. The Balaban J connectivity index is 1.66. The fourth-order valence-corrected chi connectivity index (χ4v) is 2.22. The quantitative estimate of drug-likeness (QED) is 0.513. The number of nitrogens with one attached hydrogen (secondary N) is 2. The normalized spacial score (nSPS) is 23.8. The van der Waals surface area contributed by atoms with Gasteiger partial charge in [0.15, 0.2) is 0 Å². The van der Waals surface area contributed by atoms with Crippen molar-refractivity contribution in [3.8, 4) is 0 Å². The number of carbonyl (C=O) groups excluding carboxylic acids is 4. The fourth-order valence-electron chi connectivity index (χ4n) is 2.22. The largest absolute Gasteiger partial charge is 0.332 e. The Labute approximate surface area is 116 Å². The Morgan fingerprint density at radius 1 is 0.850 bits per heavy atom. The molecule has 2 unspecified atom stereocenters. The van der Waals surface area contributed by atoms with E-state index in [2.05, 4.69) is 10.6 Å². The number of Topliss-reactive ketones (excluding diaryl/α,β-unsaturated/α-hetero) is 2. The molecule has 0 radical (unpaired) electrons. The predicted molar refractivity (Wildman–Crippen MR) is 70.0 cm³/mol. The molecule has 2 heterocycles. The van der Waals surface area contributed by atoms with E-state index in [-0.39, 0.29) is 36.2 Å². The lowest BCUT2D eigenvalue weighted by molar-refractivity contribution is -0.132. The first-order valence-corrected chi connectivity index (χ1v) is 6.59. The summed E-state index contributed by atoms with van der Waals surface area (Å²) in [7, 11) is 0. The van der Waals surface area contributed by atoms with E-state index in [4.69, 9.17) is 0 Å². The zero-order chi connectivity index (χ0) is 14.5. The molecule has 106 valence electrons. The van der Waals surface area contributed by atoms with Gasteiger partial charge in [-0.05, 0) is 25.0 Å². The highest BCUT2D eigenvalue weighted by Gasteiger charge is 2.27. The topological polar surface area (TPSA) is 92.3 Å². The summed E-state index contributed by atoms with van der Waals surface area (Å²) in [4.78, 5) is 46.0. The molecule has 0 aliphatic carbocycles. The van der Waals surface area contributed by atoms with E-state index < -0.39 is 11.8 Å². The van der Waals surface area contributed by atoms with Gasteiger partial charge >= 0.3 is 0 Å². The fraction of sp³-hybridized carbons (Fsp3) is 0.429. The van der Waals surface area contributed by atoms with Crippen LogP contribution in [0.2, 0.25) is 0 Å². The van der Waals surface area contributed by atoms with Crippen molar-refractivity contribution in [2.75, 3.05) is 0 Å². The van der Waals surface area contributed by atoms with Gasteiger partial charge < -0.3 is 10.6 Å². The summed E-state index contributed by atoms with van der Waals surface area (Å²) in [6.45, 7) is 0. The SMILES string of the molecule is O=C(CCCCC(=O)C1C=CNC1=O)C1C=CNC1=O. The van der Waals surface area contributed by atoms with Crippen molar-refractivity contribution in [3.05, 3.63) is 24.6 Å². The molecular weight excluding hydrogens is 260 g/mol. The maximum absolute atomic E-state index is 11.7. The lowest BCUT2D eigenvalue weighted by Crippen LogP contribution is -2.26. The molecule has 20 heavy (non-hydrogen) atoms. The first-order valence-electron chi connectivity index (χ1n) is 6.59. The van der Waals surface area contributed by atoms with Gasteiger partial charge in [0, 0.05) is 25.2 Å². The van der Waals surface area contributed by atoms with Crippen molar-refractivity contribution < 1.29 is 19.2 Å². The van der Waals surface area contributed by atoms with Crippen molar-refractivity contribution in [2.24, 2.45) is 11.8 Å². The number of ketones is 2. The van der Waals surface area contributed by atoms with Gasteiger partial charge in [-0.1, -0.05) is 0 Å². The van der Waals surface area contributed by atoms with Gasteiger partial charge in [0.25, 0.3) is 0 Å². The van der Waals surface area contributed by atoms with E-state index in [1.54, 1.807) is 12.2 Å². The van der Waals surface area contributed by atoms with Crippen molar-refractivity contribution in [1.82, 2.24) is 10.6 Å². The molecule has 0 aromatic heterocycles. The Hall–Kier alpha value is -2.24. The summed E-state index contributed by atoms with van der Waals surface area (Å²) in [5.74, 6) is -2.23. The molecular formula is C14H16N2O4. The second kappa shape index (κ2) is 6.27. The van der Waals surface area contributed by atoms with Gasteiger partial charge in [-0.2, -0.15) is 0 Å². The van der Waals surface area contributed by atoms with E-state index in [9.17, 15) is 19.2 Å². The molecule has 0 aromatic carbocycles. The molecule has 2 rings (SSSR count). The van der Waals surface area contributed by atoms with Gasteiger partial charge in [-0.25, -0.2) is 0 Å². The Bertz CT molecular complexity index is 461. The smallest absolute Gasteiger partial charge is 0.238 e. The summed E-state index contributed by atoms with van der Waals surface area (Å²) in [5.41, 5.74) is 0. The molecule has 0 saturated heterocycles. The zero-order valence-corrected chi connectivity index (χ0v) is 10.9. The summed E-state index contributed by atoms with van der Waals surface area (Å²) in [5, 5.41) is 4.91. The second-order valence-electron chi connectivity index (χ2n) is 4.83. The number of carbonyl (C=O) groups is 4. The van der Waals surface area contributed by atoms with Crippen LogP contribution in [0.15, 0.2) is 24.6 Å². The standard InChI is InChI=1S/C14H16N2O4/c17-11(9-5-7-15-13(9)19)3-1-2-4-12(18)10-6-8-16-14(10)20/h5-10H,1-4H2,(H,15,19)(H,16,20). The van der Waals surface area contributed by atoms with Gasteiger partial charge in [-0.15, -0.1) is 0 Å². The van der Waals surface area contributed by atoms with Crippen LogP contribution in [0.5, 0.6) is 0 Å². The van der Waals surface area contributed by atoms with Crippen LogP contribution in [0.4, 0.5) is 0 Å². The monoisotopic (exact) mass is 276 g/mol. The molecule has 2 atom stereocenters. The Morgan fingerprint density at radius 3 is 1.55 bits per heavy atom. The molecule has 2 amide bonds. The van der Waals surface area contributed by atoms with E-state index in [0.717, 1.165) is 0 Å². The summed E-state index contributed by atoms with van der Waals surface area (Å²) >= 11 is 0. The number of unbranched alkanes of at least 4 members (excludes halogenated alkanes) is 1. The molecule has 6 heteroatoms. The number of hydrogen-bond acceptors (Lipinski definition) is 4. The second-order valence-corrected chi connectivity index (χ2v) is 4.83. The van der Waals surface area contributed by atoms with Crippen LogP contribution in [0.3, 0.4) is 0 Å². The summed E-state index contributed by atoms with van der Waals surface area (Å²) < 4.78 is 0. The van der Waals surface area contributed by atoms with Crippen LogP contribution in [0.25, 0.3) is 0 Å². The van der Waals surface area contributed by atoms with Crippen molar-refractivity contribution in [1.29, 1.82) is 0 Å². The van der Waals surface area contributed by atoms with Gasteiger partial charge in [0.2, 0.25) is 11.8 Å². The molecule has 6 nitrogen and oxygen atoms in total. The van der Waals surface area contributed by atoms with Crippen molar-refractivity contribution in [2.45, 2.75) is 25.7 Å². The van der Waals surface area contributed by atoms with Gasteiger partial charge in [-0.3, -0.25) is 19.2 Å². The van der Waals surface area contributed by atoms with Crippen LogP contribution < -0.4 is 10.6 Å². The highest BCUT2D eigenvalue weighted by molar-refractivity contribution is 6.05. The molecule has 0 saturated carbocycles. The average molecular weight is 276 g/mol. The minimum Gasteiger partial charge on any atom is -0.332 e. The molecule has 0 aromatic rings. The third kappa shape index (κ3) is 3.20. The molecule has 0 bridgehead atoms. The summed E-state index contributed by atoms with van der Waals surface area (Å²) in [6, 6.07) is 0. The van der Waals surface area contributed by atoms with Crippen LogP contribution in [0.1, 0.15) is 25.7 Å². The first kappa shape index (κ1) is 14.2. The molecule has 2 aliphatic rings. The first-order chi connectivity index (χ1) is 9.59. The van der Waals surface area contributed by atoms with E-state index >= 15 is 0 Å². The van der Waals surface area contributed by atoms with Gasteiger partial charge in [0.1, 0.15) is 23.4 Å². The van der Waals surface area contributed by atoms with E-state index in [1.165, 1.54) is 12.4 Å². The predicted octanol–water partition coefficient (Wildman–Crippen LogP) is 0.204. The lowest BCUT2D eigenvalue weighted by atomic mass is 9.96. The molecule has 2 aliphatic heterocycles. The number of hydrogen-bond donors (Lipinski definition) is 2. The number of rotatable bonds is 7. The third-order valence-corrected chi connectivity index (χ3v) is 3.38. The van der Waals surface area contributed by atoms with Crippen LogP contribution in [0, 0.1) is 11.8 Å². The van der Waals surface area contributed by atoms with E-state index in [1.807, 2.05) is 0 Å². The average Bonchev–Trinajstić information content (AvgIpc) is 3.02. The van der Waals surface area contributed by atoms with Crippen LogP contribution in [-0.4, -0.2) is 23.4 Å². The maximum Gasteiger partial charge on any atom is 0.238 e. The lowest BCUT2D eigenvalue weighted by Gasteiger charge is -2.06. The maximum atomic E-state index is 11.7. The summed E-state index contributed by atoms with van der Waals surface area (Å²) in [6.07, 6.45) is 7.65.